The molecular weight excluding hydrogens is 340 g/mol. The Balaban J connectivity index is 2.14. The van der Waals surface area contributed by atoms with Crippen molar-refractivity contribution >= 4 is 17.5 Å². The second-order valence-electron chi connectivity index (χ2n) is 6.54. The fourth-order valence-electron chi connectivity index (χ4n) is 2.87. The Labute approximate surface area is 161 Å². The van der Waals surface area contributed by atoms with Crippen molar-refractivity contribution < 1.29 is 14.3 Å². The first-order valence-electron chi connectivity index (χ1n) is 9.30. The lowest BCUT2D eigenvalue weighted by atomic mass is 10.1. The van der Waals surface area contributed by atoms with Gasteiger partial charge < -0.3 is 15.0 Å². The topological polar surface area (TPSA) is 58.6 Å². The third-order valence-corrected chi connectivity index (χ3v) is 4.47. The van der Waals surface area contributed by atoms with E-state index in [1.807, 2.05) is 45.9 Å². The number of hydrogen-bond acceptors (Lipinski definition) is 3. The number of aryl methyl sites for hydroxylation is 2. The van der Waals surface area contributed by atoms with Crippen LogP contribution in [-0.4, -0.2) is 35.9 Å². The van der Waals surface area contributed by atoms with E-state index in [2.05, 4.69) is 5.32 Å². The highest BCUT2D eigenvalue weighted by atomic mass is 16.5. The molecule has 0 saturated carbocycles. The Kier molecular flexibility index (Phi) is 6.99. The molecule has 0 aliphatic carbocycles. The van der Waals surface area contributed by atoms with Crippen molar-refractivity contribution in [1.29, 1.82) is 0 Å². The van der Waals surface area contributed by atoms with Crippen LogP contribution in [0.3, 0.4) is 0 Å². The van der Waals surface area contributed by atoms with Gasteiger partial charge in [0.25, 0.3) is 11.8 Å². The van der Waals surface area contributed by atoms with Crippen LogP contribution in [0.4, 0.5) is 5.69 Å². The summed E-state index contributed by atoms with van der Waals surface area (Å²) in [5.74, 6) is 0.282. The summed E-state index contributed by atoms with van der Waals surface area (Å²) in [6, 6.07) is 12.9. The van der Waals surface area contributed by atoms with E-state index in [1.165, 1.54) is 0 Å². The molecule has 0 unspecified atom stereocenters. The summed E-state index contributed by atoms with van der Waals surface area (Å²) < 4.78 is 5.82. The van der Waals surface area contributed by atoms with E-state index in [4.69, 9.17) is 4.74 Å². The Morgan fingerprint density at radius 1 is 1.07 bits per heavy atom. The minimum absolute atomic E-state index is 0.0983. The minimum Gasteiger partial charge on any atom is -0.481 e. The number of hydrogen-bond donors (Lipinski definition) is 1. The monoisotopic (exact) mass is 368 g/mol. The number of nitrogens with zero attached hydrogens (tertiary/aromatic N) is 1. The average Bonchev–Trinajstić information content (AvgIpc) is 2.65. The summed E-state index contributed by atoms with van der Waals surface area (Å²) in [6.07, 6.45) is -0.692. The van der Waals surface area contributed by atoms with E-state index in [9.17, 15) is 9.59 Å². The number of ether oxygens (including phenoxy) is 1. The van der Waals surface area contributed by atoms with Crippen molar-refractivity contribution in [2.24, 2.45) is 0 Å². The molecule has 0 saturated heterocycles. The fraction of sp³-hybridized carbons (Fsp3) is 0.364. The van der Waals surface area contributed by atoms with Gasteiger partial charge in [-0.25, -0.2) is 0 Å². The number of carbonyl (C=O) groups excluding carboxylic acids is 2. The second kappa shape index (κ2) is 9.21. The minimum atomic E-state index is -0.692. The number of nitrogens with one attached hydrogen (secondary N) is 1. The molecule has 0 bridgehead atoms. The van der Waals surface area contributed by atoms with Crippen molar-refractivity contribution in [2.75, 3.05) is 18.4 Å². The maximum Gasteiger partial charge on any atom is 0.265 e. The van der Waals surface area contributed by atoms with Gasteiger partial charge in [-0.05, 0) is 58.4 Å². The number of amides is 2. The SMILES string of the molecule is CCN(CC)C(=O)c1ccccc1NC(=O)[C@H](C)Oc1ccc(C)cc1C. The molecule has 2 rings (SSSR count). The van der Waals surface area contributed by atoms with Crippen LogP contribution in [0.25, 0.3) is 0 Å². The van der Waals surface area contributed by atoms with Gasteiger partial charge >= 0.3 is 0 Å². The van der Waals surface area contributed by atoms with E-state index in [0.717, 1.165) is 11.1 Å². The Hall–Kier alpha value is -2.82. The molecule has 2 amide bonds. The molecule has 27 heavy (non-hydrogen) atoms. The van der Waals surface area contributed by atoms with Gasteiger partial charge in [0.15, 0.2) is 6.10 Å². The normalized spacial score (nSPS) is 11.6. The van der Waals surface area contributed by atoms with Crippen molar-refractivity contribution in [3.63, 3.8) is 0 Å². The Bertz CT molecular complexity index is 813. The summed E-state index contributed by atoms with van der Waals surface area (Å²) in [7, 11) is 0. The van der Waals surface area contributed by atoms with Gasteiger partial charge in [0, 0.05) is 13.1 Å². The molecule has 0 aliphatic rings. The molecule has 1 N–H and O–H groups in total. The quantitative estimate of drug-likeness (QED) is 0.797. The molecule has 0 aliphatic heterocycles. The van der Waals surface area contributed by atoms with Crippen LogP contribution in [0.5, 0.6) is 5.75 Å². The molecule has 1 atom stereocenters. The zero-order valence-corrected chi connectivity index (χ0v) is 16.7. The van der Waals surface area contributed by atoms with Gasteiger partial charge in [0.2, 0.25) is 0 Å². The molecule has 0 spiro atoms. The van der Waals surface area contributed by atoms with Gasteiger partial charge in [0.1, 0.15) is 5.75 Å². The number of anilines is 1. The first-order valence-corrected chi connectivity index (χ1v) is 9.30. The van der Waals surface area contributed by atoms with Gasteiger partial charge in [-0.2, -0.15) is 0 Å². The van der Waals surface area contributed by atoms with Crippen molar-refractivity contribution in [3.8, 4) is 5.75 Å². The van der Waals surface area contributed by atoms with Crippen LogP contribution in [0.15, 0.2) is 42.5 Å². The maximum absolute atomic E-state index is 12.7. The number of rotatable bonds is 7. The summed E-state index contributed by atoms with van der Waals surface area (Å²) in [4.78, 5) is 27.0. The van der Waals surface area contributed by atoms with Gasteiger partial charge in [-0.15, -0.1) is 0 Å². The summed E-state index contributed by atoms with van der Waals surface area (Å²) in [6.45, 7) is 10.8. The highest BCUT2D eigenvalue weighted by Crippen LogP contribution is 2.22. The van der Waals surface area contributed by atoms with Gasteiger partial charge in [0.05, 0.1) is 11.3 Å². The lowest BCUT2D eigenvalue weighted by Crippen LogP contribution is -2.33. The summed E-state index contributed by atoms with van der Waals surface area (Å²) in [5.41, 5.74) is 3.09. The molecule has 144 valence electrons. The zero-order valence-electron chi connectivity index (χ0n) is 16.7. The predicted octanol–water partition coefficient (Wildman–Crippen LogP) is 4.19. The first-order chi connectivity index (χ1) is 12.9. The van der Waals surface area contributed by atoms with Crippen LogP contribution >= 0.6 is 0 Å². The molecule has 0 radical (unpaired) electrons. The number of para-hydroxylation sites is 1. The van der Waals surface area contributed by atoms with Crippen LogP contribution in [0.2, 0.25) is 0 Å². The molecule has 0 aromatic heterocycles. The fourth-order valence-corrected chi connectivity index (χ4v) is 2.87. The van der Waals surface area contributed by atoms with E-state index in [0.29, 0.717) is 30.1 Å². The third-order valence-electron chi connectivity index (χ3n) is 4.47. The molecule has 5 heteroatoms. The first kappa shape index (κ1) is 20.5. The van der Waals surface area contributed by atoms with E-state index < -0.39 is 6.10 Å². The van der Waals surface area contributed by atoms with Crippen LogP contribution < -0.4 is 10.1 Å². The highest BCUT2D eigenvalue weighted by molar-refractivity contribution is 6.04. The van der Waals surface area contributed by atoms with Crippen LogP contribution in [0, 0.1) is 13.8 Å². The van der Waals surface area contributed by atoms with E-state index in [1.54, 1.807) is 36.1 Å². The maximum atomic E-state index is 12.7. The number of benzene rings is 2. The molecule has 0 heterocycles. The van der Waals surface area contributed by atoms with Gasteiger partial charge in [-0.1, -0.05) is 29.8 Å². The molecule has 2 aromatic carbocycles. The lowest BCUT2D eigenvalue weighted by molar-refractivity contribution is -0.122. The third kappa shape index (κ3) is 5.09. The summed E-state index contributed by atoms with van der Waals surface area (Å²) in [5, 5.41) is 2.83. The molecule has 2 aromatic rings. The smallest absolute Gasteiger partial charge is 0.265 e. The summed E-state index contributed by atoms with van der Waals surface area (Å²) >= 11 is 0. The number of carbonyl (C=O) groups is 2. The van der Waals surface area contributed by atoms with Crippen LogP contribution in [-0.2, 0) is 4.79 Å². The second-order valence-corrected chi connectivity index (χ2v) is 6.54. The van der Waals surface area contributed by atoms with E-state index >= 15 is 0 Å². The highest BCUT2D eigenvalue weighted by Gasteiger charge is 2.20. The standard InChI is InChI=1S/C22H28N2O3/c1-6-24(7-2)22(26)18-10-8-9-11-19(18)23-21(25)17(5)27-20-13-12-15(3)14-16(20)4/h8-14,17H,6-7H2,1-5H3,(H,23,25)/t17-/m0/s1. The van der Waals surface area contributed by atoms with Crippen molar-refractivity contribution in [2.45, 2.75) is 40.7 Å². The van der Waals surface area contributed by atoms with Crippen molar-refractivity contribution in [3.05, 3.63) is 59.2 Å². The molecular formula is C22H28N2O3. The predicted molar refractivity (Wildman–Crippen MR) is 108 cm³/mol. The van der Waals surface area contributed by atoms with Crippen LogP contribution in [0.1, 0.15) is 42.3 Å². The van der Waals surface area contributed by atoms with E-state index in [-0.39, 0.29) is 11.8 Å². The molecule has 0 fully saturated rings. The zero-order chi connectivity index (χ0) is 20.0. The van der Waals surface area contributed by atoms with Crippen molar-refractivity contribution in [1.82, 2.24) is 4.90 Å². The van der Waals surface area contributed by atoms with Gasteiger partial charge in [-0.3, -0.25) is 9.59 Å². The lowest BCUT2D eigenvalue weighted by Gasteiger charge is -2.21. The average molecular weight is 368 g/mol. The Morgan fingerprint density at radius 3 is 2.37 bits per heavy atom. The molecule has 5 nitrogen and oxygen atoms in total. The largest absolute Gasteiger partial charge is 0.481 e. The Morgan fingerprint density at radius 2 is 1.74 bits per heavy atom.